The van der Waals surface area contributed by atoms with E-state index in [0.29, 0.717) is 13.0 Å². The molecule has 0 fully saturated rings. The fourth-order valence-electron chi connectivity index (χ4n) is 2.06. The van der Waals surface area contributed by atoms with Crippen LogP contribution in [0.4, 0.5) is 0 Å². The van der Waals surface area contributed by atoms with Crippen LogP contribution in [0.25, 0.3) is 0 Å². The van der Waals surface area contributed by atoms with Crippen LogP contribution in [-0.4, -0.2) is 11.2 Å². The molecule has 2 aromatic carbocycles. The molecule has 1 N–H and O–H groups in total. The molecule has 100 valence electrons. The van der Waals surface area contributed by atoms with E-state index in [1.54, 1.807) is 6.92 Å². The van der Waals surface area contributed by atoms with Gasteiger partial charge >= 0.3 is 0 Å². The van der Waals surface area contributed by atoms with E-state index in [9.17, 15) is 5.11 Å². The predicted octanol–water partition coefficient (Wildman–Crippen LogP) is 3.50. The quantitative estimate of drug-likeness (QED) is 0.887. The number of benzene rings is 2. The molecule has 0 radical (unpaired) electrons. The molecule has 0 saturated heterocycles. The van der Waals surface area contributed by atoms with Crippen molar-refractivity contribution in [2.75, 3.05) is 0 Å². The molecule has 0 bridgehead atoms. The zero-order chi connectivity index (χ0) is 13.7. The molecule has 0 aliphatic rings. The van der Waals surface area contributed by atoms with Crippen molar-refractivity contribution >= 4 is 0 Å². The summed E-state index contributed by atoms with van der Waals surface area (Å²) in [6.45, 7) is 4.40. The minimum atomic E-state index is -0.360. The zero-order valence-corrected chi connectivity index (χ0v) is 11.5. The predicted molar refractivity (Wildman–Crippen MR) is 77.3 cm³/mol. The van der Waals surface area contributed by atoms with E-state index in [0.717, 1.165) is 16.9 Å². The molecule has 0 aliphatic carbocycles. The lowest BCUT2D eigenvalue weighted by atomic mass is 10.0. The van der Waals surface area contributed by atoms with Crippen molar-refractivity contribution in [3.63, 3.8) is 0 Å². The van der Waals surface area contributed by atoms with Crippen LogP contribution in [0.3, 0.4) is 0 Å². The van der Waals surface area contributed by atoms with E-state index in [1.807, 2.05) is 49.4 Å². The lowest BCUT2D eigenvalue weighted by Crippen LogP contribution is -2.07. The van der Waals surface area contributed by atoms with E-state index in [2.05, 4.69) is 6.07 Å². The van der Waals surface area contributed by atoms with Gasteiger partial charge in [-0.2, -0.15) is 0 Å². The highest BCUT2D eigenvalue weighted by atomic mass is 16.5. The van der Waals surface area contributed by atoms with Crippen LogP contribution in [0, 0.1) is 6.92 Å². The molecule has 2 heteroatoms. The van der Waals surface area contributed by atoms with Gasteiger partial charge in [-0.3, -0.25) is 0 Å². The second-order valence-electron chi connectivity index (χ2n) is 4.94. The number of aliphatic hydroxyl groups is 1. The Bertz CT molecular complexity index is 518. The molecule has 2 nitrogen and oxygen atoms in total. The molecule has 1 atom stereocenters. The van der Waals surface area contributed by atoms with Crippen molar-refractivity contribution in [1.82, 2.24) is 0 Å². The Morgan fingerprint density at radius 3 is 2.53 bits per heavy atom. The fourth-order valence-corrected chi connectivity index (χ4v) is 2.06. The maximum absolute atomic E-state index is 9.55. The Kier molecular flexibility index (Phi) is 4.58. The Balaban J connectivity index is 2.11. The minimum Gasteiger partial charge on any atom is -0.489 e. The van der Waals surface area contributed by atoms with Gasteiger partial charge in [-0.1, -0.05) is 48.0 Å². The topological polar surface area (TPSA) is 29.5 Å². The summed E-state index contributed by atoms with van der Waals surface area (Å²) in [5.74, 6) is 0.857. The number of aryl methyl sites for hydroxylation is 1. The Labute approximate surface area is 114 Å². The summed E-state index contributed by atoms with van der Waals surface area (Å²) in [7, 11) is 0. The van der Waals surface area contributed by atoms with E-state index < -0.39 is 0 Å². The van der Waals surface area contributed by atoms with Gasteiger partial charge in [0.2, 0.25) is 0 Å². The lowest BCUT2D eigenvalue weighted by Gasteiger charge is -2.13. The van der Waals surface area contributed by atoms with Crippen LogP contribution in [-0.2, 0) is 13.0 Å². The standard InChI is InChI=1S/C17H20O2/c1-13-8-9-17(16(10-13)11-14(2)18)19-12-15-6-4-3-5-7-15/h3-10,14,18H,11-12H2,1-2H3/t14-/m1/s1. The summed E-state index contributed by atoms with van der Waals surface area (Å²) in [6.07, 6.45) is 0.257. The van der Waals surface area contributed by atoms with Gasteiger partial charge in [0.05, 0.1) is 6.10 Å². The third-order valence-corrected chi connectivity index (χ3v) is 2.97. The summed E-state index contributed by atoms with van der Waals surface area (Å²) in [5, 5.41) is 9.55. The lowest BCUT2D eigenvalue weighted by molar-refractivity contribution is 0.193. The first-order chi connectivity index (χ1) is 9.15. The number of aliphatic hydroxyl groups excluding tert-OH is 1. The SMILES string of the molecule is Cc1ccc(OCc2ccccc2)c(C[C@@H](C)O)c1. The molecule has 0 aliphatic heterocycles. The van der Waals surface area contributed by atoms with Gasteiger partial charge in [0.15, 0.2) is 0 Å². The van der Waals surface area contributed by atoms with Crippen molar-refractivity contribution in [3.05, 3.63) is 65.2 Å². The minimum absolute atomic E-state index is 0.360. The summed E-state index contributed by atoms with van der Waals surface area (Å²) in [5.41, 5.74) is 3.39. The molecular formula is C17H20O2. The maximum atomic E-state index is 9.55. The summed E-state index contributed by atoms with van der Waals surface area (Å²) < 4.78 is 5.87. The van der Waals surface area contributed by atoms with Crippen LogP contribution in [0.5, 0.6) is 5.75 Å². The molecule has 0 amide bonds. The van der Waals surface area contributed by atoms with Crippen LogP contribution in [0.2, 0.25) is 0 Å². The zero-order valence-electron chi connectivity index (χ0n) is 11.5. The van der Waals surface area contributed by atoms with Gasteiger partial charge in [-0.15, -0.1) is 0 Å². The molecule has 0 heterocycles. The monoisotopic (exact) mass is 256 g/mol. The summed E-state index contributed by atoms with van der Waals surface area (Å²) in [4.78, 5) is 0. The summed E-state index contributed by atoms with van der Waals surface area (Å²) >= 11 is 0. The van der Waals surface area contributed by atoms with Gasteiger partial charge < -0.3 is 9.84 Å². The Morgan fingerprint density at radius 2 is 1.84 bits per heavy atom. The highest BCUT2D eigenvalue weighted by Gasteiger charge is 2.07. The largest absolute Gasteiger partial charge is 0.489 e. The molecule has 0 spiro atoms. The third kappa shape index (κ3) is 4.11. The van der Waals surface area contributed by atoms with Gasteiger partial charge in [0.25, 0.3) is 0 Å². The van der Waals surface area contributed by atoms with Gasteiger partial charge in [0.1, 0.15) is 12.4 Å². The van der Waals surface area contributed by atoms with Gasteiger partial charge in [-0.05, 0) is 31.0 Å². The van der Waals surface area contributed by atoms with Crippen molar-refractivity contribution in [3.8, 4) is 5.75 Å². The molecule has 0 aromatic heterocycles. The fraction of sp³-hybridized carbons (Fsp3) is 0.294. The molecule has 19 heavy (non-hydrogen) atoms. The molecule has 2 aromatic rings. The van der Waals surface area contributed by atoms with Crippen molar-refractivity contribution in [2.24, 2.45) is 0 Å². The van der Waals surface area contributed by atoms with E-state index in [1.165, 1.54) is 5.56 Å². The average Bonchev–Trinajstić information content (AvgIpc) is 2.38. The first-order valence-electron chi connectivity index (χ1n) is 6.59. The van der Waals surface area contributed by atoms with E-state index in [4.69, 9.17) is 4.74 Å². The van der Waals surface area contributed by atoms with Crippen LogP contribution >= 0.6 is 0 Å². The third-order valence-electron chi connectivity index (χ3n) is 2.97. The summed E-state index contributed by atoms with van der Waals surface area (Å²) in [6, 6.07) is 16.2. The van der Waals surface area contributed by atoms with Gasteiger partial charge in [-0.25, -0.2) is 0 Å². The molecule has 2 rings (SSSR count). The average molecular weight is 256 g/mol. The molecule has 0 unspecified atom stereocenters. The number of rotatable bonds is 5. The van der Waals surface area contributed by atoms with Crippen molar-refractivity contribution in [2.45, 2.75) is 33.0 Å². The van der Waals surface area contributed by atoms with E-state index in [-0.39, 0.29) is 6.10 Å². The van der Waals surface area contributed by atoms with Crippen molar-refractivity contribution < 1.29 is 9.84 Å². The Hall–Kier alpha value is -1.80. The normalized spacial score (nSPS) is 12.2. The first-order valence-corrected chi connectivity index (χ1v) is 6.59. The Morgan fingerprint density at radius 1 is 1.11 bits per heavy atom. The first kappa shape index (κ1) is 13.6. The highest BCUT2D eigenvalue weighted by molar-refractivity contribution is 5.37. The number of hydrogen-bond donors (Lipinski definition) is 1. The number of hydrogen-bond acceptors (Lipinski definition) is 2. The van der Waals surface area contributed by atoms with E-state index >= 15 is 0 Å². The van der Waals surface area contributed by atoms with Crippen LogP contribution in [0.15, 0.2) is 48.5 Å². The smallest absolute Gasteiger partial charge is 0.123 e. The second-order valence-corrected chi connectivity index (χ2v) is 4.94. The van der Waals surface area contributed by atoms with Gasteiger partial charge in [0, 0.05) is 6.42 Å². The molecule has 0 saturated carbocycles. The van der Waals surface area contributed by atoms with Crippen LogP contribution < -0.4 is 4.74 Å². The molecular weight excluding hydrogens is 236 g/mol. The van der Waals surface area contributed by atoms with Crippen molar-refractivity contribution in [1.29, 1.82) is 0 Å². The second kappa shape index (κ2) is 6.39. The number of ether oxygens (including phenoxy) is 1. The maximum Gasteiger partial charge on any atom is 0.123 e. The van der Waals surface area contributed by atoms with Crippen LogP contribution in [0.1, 0.15) is 23.6 Å². The highest BCUT2D eigenvalue weighted by Crippen LogP contribution is 2.22.